The molecule has 0 radical (unpaired) electrons. The molecule has 148 valence electrons. The Morgan fingerprint density at radius 3 is 2.39 bits per heavy atom. The van der Waals surface area contributed by atoms with Gasteiger partial charge in [0.25, 0.3) is 5.91 Å². The van der Waals surface area contributed by atoms with Crippen LogP contribution in [-0.2, 0) is 18.4 Å². The lowest BCUT2D eigenvalue weighted by Gasteiger charge is -2.41. The third-order valence-corrected chi connectivity index (χ3v) is 6.36. The Kier molecular flexibility index (Phi) is 5.29. The average Bonchev–Trinajstić information content (AvgIpc) is 2.72. The minimum Gasteiger partial charge on any atom is -0.337 e. The maximum absolute atomic E-state index is 13.1. The summed E-state index contributed by atoms with van der Waals surface area (Å²) in [5.74, 6) is 0.183. The SMILES string of the molecule is CC(C)(C)c1ccc(C(=O)N2CCC[C@@H](N3CCc4ccccc4C3)C2)cc1. The van der Waals surface area contributed by atoms with E-state index in [1.807, 2.05) is 12.1 Å². The van der Waals surface area contributed by atoms with E-state index in [0.717, 1.165) is 44.6 Å². The quantitative estimate of drug-likeness (QED) is 0.762. The summed E-state index contributed by atoms with van der Waals surface area (Å²) in [5, 5.41) is 0. The number of fused-ring (bicyclic) bond motifs is 1. The summed E-state index contributed by atoms with van der Waals surface area (Å²) in [6.07, 6.45) is 3.40. The molecule has 2 aliphatic rings. The van der Waals surface area contributed by atoms with Crippen molar-refractivity contribution >= 4 is 5.91 Å². The highest BCUT2D eigenvalue weighted by atomic mass is 16.2. The van der Waals surface area contributed by atoms with E-state index in [4.69, 9.17) is 0 Å². The Morgan fingerprint density at radius 2 is 1.68 bits per heavy atom. The van der Waals surface area contributed by atoms with Gasteiger partial charge < -0.3 is 4.90 Å². The zero-order chi connectivity index (χ0) is 19.7. The van der Waals surface area contributed by atoms with Crippen molar-refractivity contribution in [3.8, 4) is 0 Å². The van der Waals surface area contributed by atoms with Gasteiger partial charge >= 0.3 is 0 Å². The van der Waals surface area contributed by atoms with Crippen LogP contribution in [0.5, 0.6) is 0 Å². The molecule has 2 heterocycles. The summed E-state index contributed by atoms with van der Waals surface area (Å²) < 4.78 is 0. The smallest absolute Gasteiger partial charge is 0.253 e. The highest BCUT2D eigenvalue weighted by molar-refractivity contribution is 5.94. The standard InChI is InChI=1S/C25H32N2O/c1-25(2,3)22-12-10-20(11-13-22)24(28)27-15-6-9-23(18-27)26-16-14-19-7-4-5-8-21(19)17-26/h4-5,7-8,10-13,23H,6,9,14-18H2,1-3H3/t23-/m1/s1. The lowest BCUT2D eigenvalue weighted by molar-refractivity contribution is 0.0549. The Labute approximate surface area is 169 Å². The van der Waals surface area contributed by atoms with Gasteiger partial charge in [-0.3, -0.25) is 9.69 Å². The van der Waals surface area contributed by atoms with Gasteiger partial charge in [-0.05, 0) is 53.5 Å². The number of carbonyl (C=O) groups excluding carboxylic acids is 1. The summed E-state index contributed by atoms with van der Waals surface area (Å²) in [6, 6.07) is 17.5. The predicted molar refractivity (Wildman–Crippen MR) is 115 cm³/mol. The molecule has 0 unspecified atom stereocenters. The lowest BCUT2D eigenvalue weighted by Crippen LogP contribution is -2.51. The molecule has 1 saturated heterocycles. The number of nitrogens with zero attached hydrogens (tertiary/aromatic N) is 2. The van der Waals surface area contributed by atoms with Crippen LogP contribution >= 0.6 is 0 Å². The number of hydrogen-bond donors (Lipinski definition) is 0. The number of benzene rings is 2. The van der Waals surface area contributed by atoms with E-state index in [1.54, 1.807) is 0 Å². The summed E-state index contributed by atoms with van der Waals surface area (Å²) >= 11 is 0. The van der Waals surface area contributed by atoms with Gasteiger partial charge in [0.05, 0.1) is 0 Å². The van der Waals surface area contributed by atoms with Crippen LogP contribution in [0.2, 0.25) is 0 Å². The third kappa shape index (κ3) is 4.00. The van der Waals surface area contributed by atoms with Gasteiger partial charge in [0, 0.05) is 37.8 Å². The lowest BCUT2D eigenvalue weighted by atomic mass is 9.86. The number of piperidine rings is 1. The second kappa shape index (κ2) is 7.71. The zero-order valence-electron chi connectivity index (χ0n) is 17.4. The Hall–Kier alpha value is -2.13. The molecule has 3 heteroatoms. The van der Waals surface area contributed by atoms with E-state index in [2.05, 4.69) is 67.0 Å². The summed E-state index contributed by atoms with van der Waals surface area (Å²) in [5.41, 5.74) is 5.14. The van der Waals surface area contributed by atoms with Crippen molar-refractivity contribution < 1.29 is 4.79 Å². The Bertz CT molecular complexity index is 834. The van der Waals surface area contributed by atoms with Gasteiger partial charge in [-0.25, -0.2) is 0 Å². The molecule has 28 heavy (non-hydrogen) atoms. The monoisotopic (exact) mass is 376 g/mol. The first kappa shape index (κ1) is 19.2. The fourth-order valence-electron chi connectivity index (χ4n) is 4.56. The molecular formula is C25H32N2O. The Balaban J connectivity index is 1.43. The van der Waals surface area contributed by atoms with Crippen LogP contribution in [0, 0.1) is 0 Å². The predicted octanol–water partition coefficient (Wildman–Crippen LogP) is 4.65. The van der Waals surface area contributed by atoms with Crippen molar-refractivity contribution in [3.63, 3.8) is 0 Å². The van der Waals surface area contributed by atoms with Gasteiger partial charge in [-0.2, -0.15) is 0 Å². The van der Waals surface area contributed by atoms with Gasteiger partial charge in [-0.1, -0.05) is 57.2 Å². The first-order valence-corrected chi connectivity index (χ1v) is 10.6. The normalized spacial score (nSPS) is 20.7. The van der Waals surface area contributed by atoms with Crippen molar-refractivity contribution in [2.75, 3.05) is 19.6 Å². The van der Waals surface area contributed by atoms with Crippen molar-refractivity contribution in [1.82, 2.24) is 9.80 Å². The van der Waals surface area contributed by atoms with Crippen LogP contribution in [-0.4, -0.2) is 41.4 Å². The van der Waals surface area contributed by atoms with E-state index >= 15 is 0 Å². The van der Waals surface area contributed by atoms with Crippen molar-refractivity contribution in [2.45, 2.75) is 58.0 Å². The zero-order valence-corrected chi connectivity index (χ0v) is 17.4. The van der Waals surface area contributed by atoms with Crippen LogP contribution in [0.3, 0.4) is 0 Å². The Morgan fingerprint density at radius 1 is 0.964 bits per heavy atom. The molecule has 1 atom stereocenters. The molecule has 2 aromatic rings. The molecule has 0 aliphatic carbocycles. The molecule has 0 saturated carbocycles. The maximum Gasteiger partial charge on any atom is 0.253 e. The number of rotatable bonds is 2. The van der Waals surface area contributed by atoms with Gasteiger partial charge in [0.2, 0.25) is 0 Å². The second-order valence-corrected chi connectivity index (χ2v) is 9.36. The highest BCUT2D eigenvalue weighted by Gasteiger charge is 2.30. The van der Waals surface area contributed by atoms with E-state index in [1.165, 1.54) is 23.1 Å². The van der Waals surface area contributed by atoms with Gasteiger partial charge in [0.15, 0.2) is 0 Å². The van der Waals surface area contributed by atoms with Crippen molar-refractivity contribution in [2.24, 2.45) is 0 Å². The first-order chi connectivity index (χ1) is 13.4. The minimum atomic E-state index is 0.113. The summed E-state index contributed by atoms with van der Waals surface area (Å²) in [6.45, 7) is 10.5. The van der Waals surface area contributed by atoms with E-state index < -0.39 is 0 Å². The minimum absolute atomic E-state index is 0.113. The summed E-state index contributed by atoms with van der Waals surface area (Å²) in [7, 11) is 0. The molecule has 0 N–H and O–H groups in total. The van der Waals surface area contributed by atoms with Crippen LogP contribution in [0.4, 0.5) is 0 Å². The summed E-state index contributed by atoms with van der Waals surface area (Å²) in [4.78, 5) is 17.8. The largest absolute Gasteiger partial charge is 0.337 e. The molecule has 3 nitrogen and oxygen atoms in total. The molecule has 0 aromatic heterocycles. The fourth-order valence-corrected chi connectivity index (χ4v) is 4.56. The molecule has 1 fully saturated rings. The molecule has 1 amide bonds. The third-order valence-electron chi connectivity index (χ3n) is 6.36. The first-order valence-electron chi connectivity index (χ1n) is 10.6. The van der Waals surface area contributed by atoms with E-state index in [9.17, 15) is 4.79 Å². The topological polar surface area (TPSA) is 23.6 Å². The molecule has 0 bridgehead atoms. The second-order valence-electron chi connectivity index (χ2n) is 9.36. The number of amides is 1. The van der Waals surface area contributed by atoms with Crippen LogP contribution < -0.4 is 0 Å². The van der Waals surface area contributed by atoms with Gasteiger partial charge in [0.1, 0.15) is 0 Å². The molecule has 4 rings (SSSR count). The molecule has 2 aliphatic heterocycles. The number of likely N-dealkylation sites (tertiary alicyclic amines) is 1. The molecule has 0 spiro atoms. The number of hydrogen-bond acceptors (Lipinski definition) is 2. The number of carbonyl (C=O) groups is 1. The van der Waals surface area contributed by atoms with Crippen molar-refractivity contribution in [1.29, 1.82) is 0 Å². The van der Waals surface area contributed by atoms with Crippen LogP contribution in [0.25, 0.3) is 0 Å². The van der Waals surface area contributed by atoms with Crippen LogP contribution in [0.15, 0.2) is 48.5 Å². The maximum atomic E-state index is 13.1. The van der Waals surface area contributed by atoms with E-state index in [-0.39, 0.29) is 11.3 Å². The van der Waals surface area contributed by atoms with Gasteiger partial charge in [-0.15, -0.1) is 0 Å². The fraction of sp³-hybridized carbons (Fsp3) is 0.480. The van der Waals surface area contributed by atoms with E-state index in [0.29, 0.717) is 6.04 Å². The average molecular weight is 377 g/mol. The van der Waals surface area contributed by atoms with Crippen molar-refractivity contribution in [3.05, 3.63) is 70.8 Å². The van der Waals surface area contributed by atoms with Crippen LogP contribution in [0.1, 0.15) is 60.7 Å². The highest BCUT2D eigenvalue weighted by Crippen LogP contribution is 2.26. The molecular weight excluding hydrogens is 344 g/mol. The molecule has 2 aromatic carbocycles.